The van der Waals surface area contributed by atoms with Crippen molar-refractivity contribution in [3.8, 4) is 0 Å². The molecular formula is C21H20N2O4. The van der Waals surface area contributed by atoms with Gasteiger partial charge < -0.3 is 9.64 Å². The highest BCUT2D eigenvalue weighted by atomic mass is 16.6. The molecule has 0 saturated carbocycles. The minimum absolute atomic E-state index is 0.0916. The van der Waals surface area contributed by atoms with Gasteiger partial charge in [0.1, 0.15) is 12.6 Å². The van der Waals surface area contributed by atoms with Gasteiger partial charge in [0.25, 0.3) is 0 Å². The van der Waals surface area contributed by atoms with Crippen molar-refractivity contribution < 1.29 is 19.1 Å². The summed E-state index contributed by atoms with van der Waals surface area (Å²) in [5.41, 5.74) is 1.42. The molecule has 2 atom stereocenters. The zero-order chi connectivity index (χ0) is 19.2. The monoisotopic (exact) mass is 364 g/mol. The number of amides is 3. The number of carbonyl (C=O) groups excluding carboxylic acids is 3. The minimum atomic E-state index is -1.01. The van der Waals surface area contributed by atoms with Gasteiger partial charge in [-0.3, -0.25) is 9.59 Å². The van der Waals surface area contributed by atoms with Gasteiger partial charge in [0, 0.05) is 19.2 Å². The van der Waals surface area contributed by atoms with Gasteiger partial charge in [-0.1, -0.05) is 48.5 Å². The summed E-state index contributed by atoms with van der Waals surface area (Å²) in [7, 11) is 1.70. The third-order valence-electron chi connectivity index (χ3n) is 5.47. The molecule has 0 unspecified atom stereocenters. The predicted molar refractivity (Wildman–Crippen MR) is 99.2 cm³/mol. The largest absolute Gasteiger partial charge is 0.446 e. The maximum Gasteiger partial charge on any atom is 0.417 e. The number of hydrogen-bond acceptors (Lipinski definition) is 4. The Hall–Kier alpha value is -3.15. The molecule has 6 heteroatoms. The van der Waals surface area contributed by atoms with Crippen LogP contribution in [0.15, 0.2) is 54.6 Å². The van der Waals surface area contributed by atoms with E-state index in [1.807, 2.05) is 54.6 Å². The number of benzene rings is 2. The van der Waals surface area contributed by atoms with E-state index in [9.17, 15) is 14.4 Å². The number of imide groups is 1. The Labute approximate surface area is 157 Å². The van der Waals surface area contributed by atoms with E-state index in [-0.39, 0.29) is 18.9 Å². The van der Waals surface area contributed by atoms with Crippen molar-refractivity contribution in [2.75, 3.05) is 18.6 Å². The zero-order valence-corrected chi connectivity index (χ0v) is 15.2. The number of rotatable bonds is 3. The SMILES string of the molecule is CN1C(=O)[C@@](C)(CC(=O)N2C(=O)OC[C@@H]2c2ccccc2)c2ccccc21. The third kappa shape index (κ3) is 2.60. The second-order valence-corrected chi connectivity index (χ2v) is 7.16. The van der Waals surface area contributed by atoms with Gasteiger partial charge in [-0.05, 0) is 24.1 Å². The first-order valence-electron chi connectivity index (χ1n) is 8.85. The molecule has 4 rings (SSSR count). The lowest BCUT2D eigenvalue weighted by Gasteiger charge is -2.26. The number of nitrogens with zero attached hydrogens (tertiary/aromatic N) is 2. The van der Waals surface area contributed by atoms with E-state index in [2.05, 4.69) is 0 Å². The second-order valence-electron chi connectivity index (χ2n) is 7.16. The van der Waals surface area contributed by atoms with Crippen molar-refractivity contribution in [1.29, 1.82) is 0 Å². The molecule has 27 heavy (non-hydrogen) atoms. The van der Waals surface area contributed by atoms with Crippen LogP contribution in [0.2, 0.25) is 0 Å². The van der Waals surface area contributed by atoms with Crippen molar-refractivity contribution in [3.63, 3.8) is 0 Å². The molecule has 0 aromatic heterocycles. The fourth-order valence-electron chi connectivity index (χ4n) is 4.00. The molecule has 138 valence electrons. The molecule has 1 fully saturated rings. The van der Waals surface area contributed by atoms with Crippen molar-refractivity contribution in [2.24, 2.45) is 0 Å². The van der Waals surface area contributed by atoms with E-state index < -0.39 is 23.5 Å². The normalized spacial score (nSPS) is 24.1. The molecule has 1 saturated heterocycles. The maximum atomic E-state index is 13.1. The van der Waals surface area contributed by atoms with Gasteiger partial charge in [0.05, 0.1) is 5.41 Å². The topological polar surface area (TPSA) is 66.9 Å². The molecule has 0 radical (unpaired) electrons. The predicted octanol–water partition coefficient (Wildman–Crippen LogP) is 3.03. The van der Waals surface area contributed by atoms with Crippen LogP contribution in [-0.2, 0) is 19.7 Å². The quantitative estimate of drug-likeness (QED) is 0.840. The Morgan fingerprint density at radius 1 is 1.11 bits per heavy atom. The number of cyclic esters (lactones) is 1. The van der Waals surface area contributed by atoms with Gasteiger partial charge in [-0.15, -0.1) is 0 Å². The average Bonchev–Trinajstić information content (AvgIpc) is 3.16. The summed E-state index contributed by atoms with van der Waals surface area (Å²) in [5, 5.41) is 0. The summed E-state index contributed by atoms with van der Waals surface area (Å²) in [6.07, 6.45) is -0.754. The molecule has 0 N–H and O–H groups in total. The third-order valence-corrected chi connectivity index (χ3v) is 5.47. The number of para-hydroxylation sites is 1. The fraction of sp³-hybridized carbons (Fsp3) is 0.286. The molecule has 2 aliphatic heterocycles. The molecule has 0 aliphatic carbocycles. The molecule has 0 bridgehead atoms. The highest BCUT2D eigenvalue weighted by Crippen LogP contribution is 2.44. The number of fused-ring (bicyclic) bond motifs is 1. The zero-order valence-electron chi connectivity index (χ0n) is 15.2. The number of ether oxygens (including phenoxy) is 1. The smallest absolute Gasteiger partial charge is 0.417 e. The molecule has 3 amide bonds. The van der Waals surface area contributed by atoms with Crippen LogP contribution in [-0.4, -0.2) is 36.5 Å². The first kappa shape index (κ1) is 17.3. The van der Waals surface area contributed by atoms with Crippen LogP contribution in [0.1, 0.15) is 30.5 Å². The van der Waals surface area contributed by atoms with E-state index in [1.54, 1.807) is 18.9 Å². The summed E-state index contributed by atoms with van der Waals surface area (Å²) in [5.74, 6) is -0.562. The molecule has 2 heterocycles. The standard InChI is InChI=1S/C21H20N2O4/c1-21(15-10-6-7-11-16(15)22(2)19(21)25)12-18(24)23-17(13-27-20(23)26)14-8-4-3-5-9-14/h3-11,17H,12-13H2,1-2H3/t17-,21+/m1/s1. The second kappa shape index (κ2) is 6.23. The first-order valence-corrected chi connectivity index (χ1v) is 8.85. The van der Waals surface area contributed by atoms with Crippen molar-refractivity contribution >= 4 is 23.6 Å². The molecule has 2 aromatic carbocycles. The number of hydrogen-bond donors (Lipinski definition) is 0. The Kier molecular flexibility index (Phi) is 3.98. The van der Waals surface area contributed by atoms with Gasteiger partial charge in [0.15, 0.2) is 0 Å². The average molecular weight is 364 g/mol. The van der Waals surface area contributed by atoms with Crippen LogP contribution in [0.4, 0.5) is 10.5 Å². The van der Waals surface area contributed by atoms with E-state index in [4.69, 9.17) is 4.74 Å². The Morgan fingerprint density at radius 2 is 1.78 bits per heavy atom. The lowest BCUT2D eigenvalue weighted by atomic mass is 9.80. The van der Waals surface area contributed by atoms with Crippen LogP contribution >= 0.6 is 0 Å². The van der Waals surface area contributed by atoms with Crippen LogP contribution < -0.4 is 4.90 Å². The summed E-state index contributed by atoms with van der Waals surface area (Å²) in [6, 6.07) is 16.3. The summed E-state index contributed by atoms with van der Waals surface area (Å²) < 4.78 is 5.14. The Bertz CT molecular complexity index is 927. The summed E-state index contributed by atoms with van der Waals surface area (Å²) in [6.45, 7) is 1.88. The minimum Gasteiger partial charge on any atom is -0.446 e. The lowest BCUT2D eigenvalue weighted by Crippen LogP contribution is -2.43. The van der Waals surface area contributed by atoms with E-state index in [1.165, 1.54) is 0 Å². The summed E-state index contributed by atoms with van der Waals surface area (Å²) in [4.78, 5) is 41.0. The summed E-state index contributed by atoms with van der Waals surface area (Å²) >= 11 is 0. The molecule has 6 nitrogen and oxygen atoms in total. The molecule has 0 spiro atoms. The van der Waals surface area contributed by atoms with Crippen LogP contribution in [0.25, 0.3) is 0 Å². The van der Waals surface area contributed by atoms with Crippen LogP contribution in [0.3, 0.4) is 0 Å². The first-order chi connectivity index (χ1) is 12.9. The molecular weight excluding hydrogens is 344 g/mol. The number of anilines is 1. The Morgan fingerprint density at radius 3 is 2.52 bits per heavy atom. The Balaban J connectivity index is 1.65. The lowest BCUT2D eigenvalue weighted by molar-refractivity contribution is -0.134. The van der Waals surface area contributed by atoms with E-state index in [0.29, 0.717) is 0 Å². The maximum absolute atomic E-state index is 13.1. The van der Waals surface area contributed by atoms with Gasteiger partial charge >= 0.3 is 6.09 Å². The number of likely N-dealkylation sites (N-methyl/N-ethyl adjacent to an activating group) is 1. The van der Waals surface area contributed by atoms with Gasteiger partial charge in [-0.2, -0.15) is 0 Å². The van der Waals surface area contributed by atoms with Crippen molar-refractivity contribution in [1.82, 2.24) is 4.90 Å². The van der Waals surface area contributed by atoms with Crippen LogP contribution in [0.5, 0.6) is 0 Å². The number of carbonyl (C=O) groups is 3. The van der Waals surface area contributed by atoms with E-state index >= 15 is 0 Å². The van der Waals surface area contributed by atoms with Gasteiger partial charge in [-0.25, -0.2) is 9.69 Å². The van der Waals surface area contributed by atoms with Crippen molar-refractivity contribution in [2.45, 2.75) is 24.8 Å². The molecule has 2 aromatic rings. The highest BCUT2D eigenvalue weighted by Gasteiger charge is 2.50. The molecule has 2 aliphatic rings. The van der Waals surface area contributed by atoms with Gasteiger partial charge in [0.2, 0.25) is 11.8 Å². The highest BCUT2D eigenvalue weighted by molar-refractivity contribution is 6.10. The fourth-order valence-corrected chi connectivity index (χ4v) is 4.00. The van der Waals surface area contributed by atoms with E-state index in [0.717, 1.165) is 21.7 Å². The van der Waals surface area contributed by atoms with Crippen molar-refractivity contribution in [3.05, 3.63) is 65.7 Å². The van der Waals surface area contributed by atoms with Crippen LogP contribution in [0, 0.1) is 0 Å².